The molecule has 0 saturated heterocycles. The molecule has 11 rings (SSSR count). The molecule has 0 radical (unpaired) electrons. The number of hydrogen-bond donors (Lipinski definition) is 0. The summed E-state index contributed by atoms with van der Waals surface area (Å²) in [7, 11) is 0. The number of aliphatic imine (C=N–C) groups is 3. The highest BCUT2D eigenvalue weighted by molar-refractivity contribution is 6.19. The van der Waals surface area contributed by atoms with Crippen molar-refractivity contribution in [1.29, 1.82) is 0 Å². The molecule has 0 amide bonds. The maximum Gasteiger partial charge on any atom is 0.235 e. The summed E-state index contributed by atoms with van der Waals surface area (Å²) in [5.74, 6) is 0.601. The van der Waals surface area contributed by atoms with Gasteiger partial charge < -0.3 is 4.57 Å². The monoisotopic (exact) mass is 797 g/mol. The molecular weight excluding hydrogens is 755 g/mol. The Hall–Kier alpha value is -7.89. The third-order valence-corrected chi connectivity index (χ3v) is 12.6. The van der Waals surface area contributed by atoms with Crippen LogP contribution in [0.1, 0.15) is 48.6 Å². The van der Waals surface area contributed by atoms with Gasteiger partial charge >= 0.3 is 0 Å². The van der Waals surface area contributed by atoms with Crippen molar-refractivity contribution in [1.82, 2.24) is 9.13 Å². The zero-order chi connectivity index (χ0) is 41.8. The molecule has 1 aliphatic rings. The zero-order valence-corrected chi connectivity index (χ0v) is 34.9. The molecule has 296 valence electrons. The topological polar surface area (TPSA) is 46.9 Å². The van der Waals surface area contributed by atoms with E-state index in [1.165, 1.54) is 21.9 Å². The third-order valence-electron chi connectivity index (χ3n) is 12.6. The summed E-state index contributed by atoms with van der Waals surface area (Å²) >= 11 is 0. The molecule has 5 nitrogen and oxygen atoms in total. The molecule has 0 bridgehead atoms. The van der Waals surface area contributed by atoms with Gasteiger partial charge in [-0.2, -0.15) is 0 Å². The van der Waals surface area contributed by atoms with Crippen molar-refractivity contribution in [2.75, 3.05) is 0 Å². The van der Waals surface area contributed by atoms with Crippen LogP contribution in [0.25, 0.3) is 55.0 Å². The lowest BCUT2D eigenvalue weighted by atomic mass is 9.71. The highest BCUT2D eigenvalue weighted by Crippen LogP contribution is 2.49. The summed E-state index contributed by atoms with van der Waals surface area (Å²) in [5, 5.41) is 4.62. The highest BCUT2D eigenvalue weighted by atomic mass is 15.2. The first-order chi connectivity index (χ1) is 30.5. The van der Waals surface area contributed by atoms with Gasteiger partial charge in [0.05, 0.1) is 44.6 Å². The molecule has 1 atom stereocenters. The van der Waals surface area contributed by atoms with Gasteiger partial charge in [-0.25, -0.2) is 9.98 Å². The summed E-state index contributed by atoms with van der Waals surface area (Å²) < 4.78 is 4.66. The van der Waals surface area contributed by atoms with Crippen molar-refractivity contribution >= 4 is 72.4 Å². The number of allylic oxidation sites excluding steroid dienone is 1. The van der Waals surface area contributed by atoms with Gasteiger partial charge in [0.1, 0.15) is 0 Å². The van der Waals surface area contributed by atoms with Gasteiger partial charge in [0.15, 0.2) is 0 Å². The number of nitrogens with zero attached hydrogens (tertiary/aromatic N) is 5. The molecule has 0 fully saturated rings. The Labute approximate surface area is 361 Å². The Morgan fingerprint density at radius 1 is 0.532 bits per heavy atom. The molecule has 1 unspecified atom stereocenters. The van der Waals surface area contributed by atoms with Crippen molar-refractivity contribution < 1.29 is 0 Å². The molecule has 1 aliphatic heterocycles. The molecule has 0 aliphatic carbocycles. The van der Waals surface area contributed by atoms with Gasteiger partial charge in [-0.3, -0.25) is 9.56 Å². The van der Waals surface area contributed by atoms with Gasteiger partial charge in [-0.05, 0) is 91.1 Å². The molecule has 0 saturated carbocycles. The van der Waals surface area contributed by atoms with Crippen LogP contribution >= 0.6 is 0 Å². The van der Waals surface area contributed by atoms with Crippen molar-refractivity contribution in [2.45, 2.75) is 26.2 Å². The predicted octanol–water partition coefficient (Wildman–Crippen LogP) is 14.1. The first kappa shape index (κ1) is 37.1. The third kappa shape index (κ3) is 5.96. The van der Waals surface area contributed by atoms with E-state index >= 15 is 0 Å². The summed E-state index contributed by atoms with van der Waals surface area (Å²) in [6.07, 6.45) is 2.06. The molecule has 0 N–H and O–H groups in total. The first-order valence-electron chi connectivity index (χ1n) is 21.2. The van der Waals surface area contributed by atoms with Crippen molar-refractivity contribution in [3.63, 3.8) is 0 Å². The van der Waals surface area contributed by atoms with Crippen molar-refractivity contribution in [3.05, 3.63) is 234 Å². The summed E-state index contributed by atoms with van der Waals surface area (Å²) in [6, 6.07) is 71.0. The van der Waals surface area contributed by atoms with Gasteiger partial charge in [0.25, 0.3) is 0 Å². The minimum atomic E-state index is -0.468. The lowest BCUT2D eigenvalue weighted by Crippen LogP contribution is -2.31. The van der Waals surface area contributed by atoms with E-state index in [-0.39, 0.29) is 0 Å². The van der Waals surface area contributed by atoms with Crippen molar-refractivity contribution in [3.8, 4) is 5.69 Å². The quantitative estimate of drug-likeness (QED) is 0.119. The van der Waals surface area contributed by atoms with Gasteiger partial charge in [0.2, 0.25) is 5.96 Å². The number of hydrogen-bond acceptors (Lipinski definition) is 2. The molecule has 62 heavy (non-hydrogen) atoms. The van der Waals surface area contributed by atoms with E-state index in [0.29, 0.717) is 5.96 Å². The largest absolute Gasteiger partial charge is 0.309 e. The minimum absolute atomic E-state index is 0.468. The predicted molar refractivity (Wildman–Crippen MR) is 261 cm³/mol. The van der Waals surface area contributed by atoms with Crippen LogP contribution < -0.4 is 0 Å². The SMILES string of the molecule is C\C=C(/N=C(\N=C(/C)c1ccccc1)n1c2ccccc2c2cc(-n3c4ccccc4c4cc5c(cc43)C(C)(c3ccccc3)C(c3ccccc3)=N5)ccc21)c1ccccc1. The van der Waals surface area contributed by atoms with E-state index in [4.69, 9.17) is 15.0 Å². The molecule has 0 spiro atoms. The standard InChI is InChI=1S/C57H43N5/c1-4-49(40-23-11-6-12-24-40)60-56(58-38(2)39-21-9-5-10-22-39)62-52-32-20-18-29-44(52)46-35-43(33-34-53(46)62)61-51-31-19-17-30-45(51)47-36-50-48(37-54(47)61)57(3,42-27-15-8-16-28-42)55(59-50)41-25-13-7-14-26-41/h4-37H,1-3H3/b49-4-,58-38+,60-56+. The number of fused-ring (bicyclic) bond motifs is 7. The Morgan fingerprint density at radius 3 is 1.79 bits per heavy atom. The van der Waals surface area contributed by atoms with Gasteiger partial charge in [-0.1, -0.05) is 164 Å². The van der Waals surface area contributed by atoms with E-state index in [2.05, 4.69) is 217 Å². The lowest BCUT2D eigenvalue weighted by Gasteiger charge is -2.29. The van der Waals surface area contributed by atoms with Crippen LogP contribution in [0.5, 0.6) is 0 Å². The molecule has 5 heteroatoms. The zero-order valence-electron chi connectivity index (χ0n) is 34.9. The fourth-order valence-corrected chi connectivity index (χ4v) is 9.49. The second-order valence-electron chi connectivity index (χ2n) is 16.1. The first-order valence-corrected chi connectivity index (χ1v) is 21.2. The number of benzene rings is 8. The van der Waals surface area contributed by atoms with Gasteiger partial charge in [0, 0.05) is 32.9 Å². The second-order valence-corrected chi connectivity index (χ2v) is 16.1. The van der Waals surface area contributed by atoms with Crippen molar-refractivity contribution in [2.24, 2.45) is 15.0 Å². The van der Waals surface area contributed by atoms with Crippen LogP contribution in [0.15, 0.2) is 221 Å². The molecular formula is C57H43N5. The average molecular weight is 798 g/mol. The summed E-state index contributed by atoms with van der Waals surface area (Å²) in [6.45, 7) is 6.43. The van der Waals surface area contributed by atoms with Crippen LogP contribution in [0.3, 0.4) is 0 Å². The fraction of sp³-hybridized carbons (Fsp3) is 0.0702. The normalized spacial score (nSPS) is 15.8. The highest BCUT2D eigenvalue weighted by Gasteiger charge is 2.42. The molecule has 3 heterocycles. The molecule has 2 aromatic heterocycles. The molecule has 10 aromatic rings. The van der Waals surface area contributed by atoms with Crippen LogP contribution in [0, 0.1) is 0 Å². The maximum atomic E-state index is 5.45. The van der Waals surface area contributed by atoms with Gasteiger partial charge in [-0.15, -0.1) is 0 Å². The van der Waals surface area contributed by atoms with Crippen LogP contribution in [-0.2, 0) is 5.41 Å². The Balaban J connectivity index is 1.15. The van der Waals surface area contributed by atoms with E-state index < -0.39 is 5.41 Å². The van der Waals surface area contributed by atoms with Crippen LogP contribution in [-0.4, -0.2) is 26.5 Å². The second kappa shape index (κ2) is 15.0. The number of aromatic nitrogens is 2. The van der Waals surface area contributed by atoms with E-state index in [9.17, 15) is 0 Å². The fourth-order valence-electron chi connectivity index (χ4n) is 9.49. The van der Waals surface area contributed by atoms with Crippen LogP contribution in [0.2, 0.25) is 0 Å². The number of para-hydroxylation sites is 2. The Kier molecular flexibility index (Phi) is 8.97. The Bertz CT molecular complexity index is 3460. The lowest BCUT2D eigenvalue weighted by molar-refractivity contribution is 0.794. The Morgan fingerprint density at radius 2 is 1.10 bits per heavy atom. The van der Waals surface area contributed by atoms with Crippen LogP contribution in [0.4, 0.5) is 5.69 Å². The summed E-state index contributed by atoms with van der Waals surface area (Å²) in [4.78, 5) is 16.1. The molecule has 8 aromatic carbocycles. The summed E-state index contributed by atoms with van der Waals surface area (Å²) in [5.41, 5.74) is 14.4. The van der Waals surface area contributed by atoms with E-state index in [1.54, 1.807) is 0 Å². The maximum absolute atomic E-state index is 5.45. The number of rotatable bonds is 6. The smallest absolute Gasteiger partial charge is 0.235 e. The van der Waals surface area contributed by atoms with E-state index in [1.807, 2.05) is 19.1 Å². The minimum Gasteiger partial charge on any atom is -0.309 e. The van der Waals surface area contributed by atoms with E-state index in [0.717, 1.165) is 78.0 Å². The average Bonchev–Trinajstić information content (AvgIpc) is 3.95.